The van der Waals surface area contributed by atoms with Crippen LogP contribution in [0.5, 0.6) is 0 Å². The number of halogens is 2. The summed E-state index contributed by atoms with van der Waals surface area (Å²) < 4.78 is 5.49. The van der Waals surface area contributed by atoms with Gasteiger partial charge in [-0.25, -0.2) is 0 Å². The molecule has 0 fully saturated rings. The molecule has 0 radical (unpaired) electrons. The molecule has 0 spiro atoms. The van der Waals surface area contributed by atoms with E-state index in [-0.39, 0.29) is 10.6 Å². The van der Waals surface area contributed by atoms with Crippen LogP contribution in [0.3, 0.4) is 0 Å². The maximum Gasteiger partial charge on any atom is 0.205 e. The van der Waals surface area contributed by atoms with E-state index >= 15 is 0 Å². The normalized spacial score (nSPS) is 10.8. The number of hydrogen-bond acceptors (Lipinski definition) is 2. The van der Waals surface area contributed by atoms with Gasteiger partial charge in [0.1, 0.15) is 5.58 Å². The average Bonchev–Trinajstić information content (AvgIpc) is 2.39. The van der Waals surface area contributed by atoms with E-state index in [1.165, 1.54) is 0 Å². The Morgan fingerprint density at radius 2 is 1.63 bits per heavy atom. The van der Waals surface area contributed by atoms with Crippen LogP contribution in [-0.2, 0) is 0 Å². The fourth-order valence-electron chi connectivity index (χ4n) is 2.02. The third kappa shape index (κ3) is 2.03. The fraction of sp³-hybridized carbons (Fsp3) is 0. The van der Waals surface area contributed by atoms with E-state index in [1.807, 2.05) is 18.2 Å². The number of hydrogen-bond donors (Lipinski definition) is 0. The molecule has 2 aromatic carbocycles. The van der Waals surface area contributed by atoms with E-state index in [0.717, 1.165) is 0 Å². The maximum absolute atomic E-state index is 12.5. The minimum Gasteiger partial charge on any atom is -0.444 e. The van der Waals surface area contributed by atoms with Gasteiger partial charge in [0.15, 0.2) is 0 Å². The van der Waals surface area contributed by atoms with Crippen molar-refractivity contribution in [3.63, 3.8) is 0 Å². The molecular weight excluding hydrogens is 283 g/mol. The van der Waals surface area contributed by atoms with Gasteiger partial charge in [-0.05, 0) is 29.3 Å². The first-order valence-corrected chi connectivity index (χ1v) is 6.40. The molecule has 0 atom stereocenters. The highest BCUT2D eigenvalue weighted by Crippen LogP contribution is 2.30. The van der Waals surface area contributed by atoms with Gasteiger partial charge in [-0.15, -0.1) is 0 Å². The van der Waals surface area contributed by atoms with Crippen LogP contribution in [0.2, 0.25) is 10.2 Å². The third-order valence-corrected chi connectivity index (χ3v) is 3.47. The molecule has 0 amide bonds. The molecule has 0 aliphatic heterocycles. The Labute approximate surface area is 119 Å². The van der Waals surface area contributed by atoms with Gasteiger partial charge in [-0.2, -0.15) is 0 Å². The van der Waals surface area contributed by atoms with Gasteiger partial charge in [0.2, 0.25) is 10.6 Å². The molecule has 4 heteroatoms. The lowest BCUT2D eigenvalue weighted by molar-refractivity contribution is 0.607. The van der Waals surface area contributed by atoms with Crippen molar-refractivity contribution in [3.05, 3.63) is 69.0 Å². The second-order valence-corrected chi connectivity index (χ2v) is 4.81. The minimum absolute atomic E-state index is 0.0750. The van der Waals surface area contributed by atoms with Crippen LogP contribution in [-0.4, -0.2) is 0 Å². The lowest BCUT2D eigenvalue weighted by Crippen LogP contribution is -2.06. The Balaban J connectivity index is 2.45. The molecule has 1 heterocycles. The van der Waals surface area contributed by atoms with E-state index < -0.39 is 0 Å². The summed E-state index contributed by atoms with van der Waals surface area (Å²) in [6, 6.07) is 14.2. The summed E-state index contributed by atoms with van der Waals surface area (Å²) in [6.07, 6.45) is 0. The maximum atomic E-state index is 12.5. The molecule has 94 valence electrons. The third-order valence-electron chi connectivity index (χ3n) is 2.89. The molecule has 0 aliphatic rings. The first kappa shape index (κ1) is 12.3. The fourth-order valence-corrected chi connectivity index (χ4v) is 2.55. The summed E-state index contributed by atoms with van der Waals surface area (Å²) in [5.74, 6) is 0. The molecule has 0 bridgehead atoms. The van der Waals surface area contributed by atoms with Crippen LogP contribution in [0.25, 0.3) is 22.1 Å². The monoisotopic (exact) mass is 290 g/mol. The van der Waals surface area contributed by atoms with Crippen molar-refractivity contribution in [3.8, 4) is 11.1 Å². The summed E-state index contributed by atoms with van der Waals surface area (Å²) in [7, 11) is 0. The lowest BCUT2D eigenvalue weighted by atomic mass is 10.1. The van der Waals surface area contributed by atoms with Gasteiger partial charge in [0.25, 0.3) is 0 Å². The summed E-state index contributed by atoms with van der Waals surface area (Å²) in [4.78, 5) is 12.5. The Hall–Kier alpha value is -1.77. The molecule has 0 N–H and O–H groups in total. The molecule has 19 heavy (non-hydrogen) atoms. The van der Waals surface area contributed by atoms with Crippen LogP contribution in [0, 0.1) is 0 Å². The van der Waals surface area contributed by atoms with Crippen molar-refractivity contribution < 1.29 is 4.42 Å². The molecule has 2 nitrogen and oxygen atoms in total. The predicted octanol–water partition coefficient (Wildman–Crippen LogP) is 4.77. The average molecular weight is 291 g/mol. The van der Waals surface area contributed by atoms with Crippen molar-refractivity contribution in [2.45, 2.75) is 0 Å². The smallest absolute Gasteiger partial charge is 0.205 e. The topological polar surface area (TPSA) is 30.2 Å². The van der Waals surface area contributed by atoms with E-state index in [1.54, 1.807) is 30.3 Å². The molecular formula is C15H8Cl2O2. The molecule has 3 aromatic rings. The van der Waals surface area contributed by atoms with Gasteiger partial charge in [-0.1, -0.05) is 48.0 Å². The van der Waals surface area contributed by atoms with E-state index in [4.69, 9.17) is 27.6 Å². The van der Waals surface area contributed by atoms with Crippen LogP contribution in [0.4, 0.5) is 0 Å². The number of fused-ring (bicyclic) bond motifs is 1. The first-order chi connectivity index (χ1) is 9.18. The Morgan fingerprint density at radius 1 is 0.895 bits per heavy atom. The molecule has 3 rings (SSSR count). The summed E-state index contributed by atoms with van der Waals surface area (Å²) in [5.41, 5.74) is 1.22. The van der Waals surface area contributed by atoms with Crippen LogP contribution < -0.4 is 5.43 Å². The second-order valence-electron chi connectivity index (χ2n) is 4.06. The molecule has 0 saturated carbocycles. The molecule has 0 aliphatic carbocycles. The van der Waals surface area contributed by atoms with Crippen LogP contribution >= 0.6 is 23.2 Å². The van der Waals surface area contributed by atoms with E-state index in [9.17, 15) is 4.79 Å². The van der Waals surface area contributed by atoms with Gasteiger partial charge in [0.05, 0.1) is 16.0 Å². The second kappa shape index (κ2) is 4.72. The first-order valence-electron chi connectivity index (χ1n) is 5.65. The minimum atomic E-state index is -0.219. The van der Waals surface area contributed by atoms with Crippen LogP contribution in [0.15, 0.2) is 57.7 Å². The van der Waals surface area contributed by atoms with Crippen LogP contribution in [0.1, 0.15) is 0 Å². The quantitative estimate of drug-likeness (QED) is 0.646. The highest BCUT2D eigenvalue weighted by molar-refractivity contribution is 6.36. The molecule has 1 aromatic heterocycles. The largest absolute Gasteiger partial charge is 0.444 e. The van der Waals surface area contributed by atoms with E-state index in [2.05, 4.69) is 0 Å². The predicted molar refractivity (Wildman–Crippen MR) is 77.9 cm³/mol. The zero-order valence-electron chi connectivity index (χ0n) is 9.69. The van der Waals surface area contributed by atoms with Crippen molar-refractivity contribution in [2.75, 3.05) is 0 Å². The summed E-state index contributed by atoms with van der Waals surface area (Å²) >= 11 is 12.2. The molecule has 0 saturated heterocycles. The SMILES string of the molecule is O=c1c(-c2ccccc2)c(Cl)oc2cccc(Cl)c12. The number of rotatable bonds is 1. The summed E-state index contributed by atoms with van der Waals surface area (Å²) in [6.45, 7) is 0. The highest BCUT2D eigenvalue weighted by Gasteiger charge is 2.16. The van der Waals surface area contributed by atoms with Crippen molar-refractivity contribution in [2.24, 2.45) is 0 Å². The van der Waals surface area contributed by atoms with Crippen molar-refractivity contribution >= 4 is 34.2 Å². The highest BCUT2D eigenvalue weighted by atomic mass is 35.5. The van der Waals surface area contributed by atoms with Gasteiger partial charge < -0.3 is 4.42 Å². The lowest BCUT2D eigenvalue weighted by Gasteiger charge is -2.06. The Kier molecular flexibility index (Phi) is 3.05. The van der Waals surface area contributed by atoms with Gasteiger partial charge in [0, 0.05) is 0 Å². The summed E-state index contributed by atoms with van der Waals surface area (Å²) in [5, 5.41) is 0.790. The molecule has 0 unspecified atom stereocenters. The van der Waals surface area contributed by atoms with E-state index in [0.29, 0.717) is 27.1 Å². The zero-order valence-corrected chi connectivity index (χ0v) is 11.2. The standard InChI is InChI=1S/C15H8Cl2O2/c16-10-7-4-8-11-13(10)14(18)12(15(17)19-11)9-5-2-1-3-6-9/h1-8H. The van der Waals surface area contributed by atoms with Gasteiger partial charge >= 0.3 is 0 Å². The Morgan fingerprint density at radius 3 is 2.37 bits per heavy atom. The Bertz CT molecular complexity index is 807. The number of benzene rings is 2. The zero-order chi connectivity index (χ0) is 13.4. The van der Waals surface area contributed by atoms with Gasteiger partial charge in [-0.3, -0.25) is 4.79 Å². The van der Waals surface area contributed by atoms with Crippen molar-refractivity contribution in [1.82, 2.24) is 0 Å². The van der Waals surface area contributed by atoms with Crippen molar-refractivity contribution in [1.29, 1.82) is 0 Å².